The number of aromatic nitrogens is 3. The van der Waals surface area contributed by atoms with Crippen molar-refractivity contribution in [2.24, 2.45) is 12.9 Å². The fourth-order valence-electron chi connectivity index (χ4n) is 2.28. The van der Waals surface area contributed by atoms with E-state index >= 15 is 0 Å². The monoisotopic (exact) mass is 259 g/mol. The molecule has 5 heteroatoms. The van der Waals surface area contributed by atoms with Gasteiger partial charge < -0.3 is 0 Å². The highest BCUT2D eigenvalue weighted by Crippen LogP contribution is 2.28. The molecule has 0 aliphatic rings. The molecule has 0 bridgehead atoms. The molecule has 2 rings (SSSR count). The van der Waals surface area contributed by atoms with Crippen LogP contribution in [0.2, 0.25) is 0 Å². The lowest BCUT2D eigenvalue weighted by molar-refractivity contribution is 0.334. The number of nitrogens with one attached hydrogen (secondary N) is 1. The first kappa shape index (κ1) is 13.7. The average Bonchev–Trinajstić information content (AvgIpc) is 2.82. The van der Waals surface area contributed by atoms with Gasteiger partial charge in [-0.15, -0.1) is 0 Å². The number of rotatable bonds is 5. The first-order valence-electron chi connectivity index (χ1n) is 6.40. The van der Waals surface area contributed by atoms with Crippen LogP contribution in [0, 0.1) is 0 Å². The Bertz CT molecular complexity index is 518. The maximum absolute atomic E-state index is 5.76. The van der Waals surface area contributed by atoms with E-state index in [1.807, 2.05) is 25.2 Å². The summed E-state index contributed by atoms with van der Waals surface area (Å²) in [4.78, 5) is 4.27. The third kappa shape index (κ3) is 2.83. The SMILES string of the molecule is Cn1ncnc1CC(NN)C(C)(C)c1ccccc1. The van der Waals surface area contributed by atoms with Gasteiger partial charge in [-0.1, -0.05) is 44.2 Å². The summed E-state index contributed by atoms with van der Waals surface area (Å²) < 4.78 is 1.78. The highest BCUT2D eigenvalue weighted by molar-refractivity contribution is 5.26. The van der Waals surface area contributed by atoms with Gasteiger partial charge in [-0.05, 0) is 5.56 Å². The van der Waals surface area contributed by atoms with E-state index in [1.54, 1.807) is 11.0 Å². The maximum atomic E-state index is 5.76. The van der Waals surface area contributed by atoms with E-state index in [4.69, 9.17) is 5.84 Å². The van der Waals surface area contributed by atoms with Crippen LogP contribution in [0.15, 0.2) is 36.7 Å². The number of hydrazine groups is 1. The topological polar surface area (TPSA) is 68.8 Å². The number of nitrogens with zero attached hydrogens (tertiary/aromatic N) is 3. The first-order chi connectivity index (χ1) is 9.05. The average molecular weight is 259 g/mol. The minimum atomic E-state index is -0.0953. The van der Waals surface area contributed by atoms with Crippen LogP contribution in [0.25, 0.3) is 0 Å². The molecule has 5 nitrogen and oxygen atoms in total. The van der Waals surface area contributed by atoms with Crippen molar-refractivity contribution in [2.45, 2.75) is 31.7 Å². The van der Waals surface area contributed by atoms with E-state index in [0.29, 0.717) is 0 Å². The Morgan fingerprint density at radius 1 is 1.32 bits per heavy atom. The van der Waals surface area contributed by atoms with Crippen LogP contribution < -0.4 is 11.3 Å². The van der Waals surface area contributed by atoms with E-state index in [2.05, 4.69) is 41.5 Å². The molecule has 1 heterocycles. The van der Waals surface area contributed by atoms with Crippen LogP contribution in [0.4, 0.5) is 0 Å². The van der Waals surface area contributed by atoms with Crippen molar-refractivity contribution in [1.82, 2.24) is 20.2 Å². The normalized spacial score (nSPS) is 13.5. The third-order valence-corrected chi connectivity index (χ3v) is 3.78. The van der Waals surface area contributed by atoms with Crippen molar-refractivity contribution in [3.63, 3.8) is 0 Å². The molecule has 19 heavy (non-hydrogen) atoms. The van der Waals surface area contributed by atoms with Gasteiger partial charge >= 0.3 is 0 Å². The summed E-state index contributed by atoms with van der Waals surface area (Å²) in [5.41, 5.74) is 4.08. The molecule has 102 valence electrons. The lowest BCUT2D eigenvalue weighted by Gasteiger charge is -2.34. The Morgan fingerprint density at radius 3 is 2.53 bits per heavy atom. The van der Waals surface area contributed by atoms with Crippen LogP contribution in [-0.4, -0.2) is 20.8 Å². The van der Waals surface area contributed by atoms with Crippen LogP contribution >= 0.6 is 0 Å². The molecule has 0 amide bonds. The summed E-state index contributed by atoms with van der Waals surface area (Å²) >= 11 is 0. The molecule has 0 saturated heterocycles. The van der Waals surface area contributed by atoms with E-state index in [-0.39, 0.29) is 11.5 Å². The summed E-state index contributed by atoms with van der Waals surface area (Å²) in [6.07, 6.45) is 2.30. The number of benzene rings is 1. The first-order valence-corrected chi connectivity index (χ1v) is 6.40. The Kier molecular flexibility index (Phi) is 3.97. The van der Waals surface area contributed by atoms with E-state index < -0.39 is 0 Å². The fraction of sp³-hybridized carbons (Fsp3) is 0.429. The molecule has 0 aliphatic heterocycles. The highest BCUT2D eigenvalue weighted by Gasteiger charge is 2.31. The zero-order valence-corrected chi connectivity index (χ0v) is 11.7. The second-order valence-corrected chi connectivity index (χ2v) is 5.31. The standard InChI is InChI=1S/C14H21N5/c1-14(2,11-7-5-4-6-8-11)12(18-15)9-13-16-10-17-19(13)3/h4-8,10,12,18H,9,15H2,1-3H3. The van der Waals surface area contributed by atoms with Crippen molar-refractivity contribution in [2.75, 3.05) is 0 Å². The Hall–Kier alpha value is -1.72. The predicted octanol–water partition coefficient (Wildman–Crippen LogP) is 1.17. The molecule has 0 spiro atoms. The van der Waals surface area contributed by atoms with Gasteiger partial charge in [0.2, 0.25) is 0 Å². The molecule has 1 unspecified atom stereocenters. The van der Waals surface area contributed by atoms with Crippen molar-refractivity contribution < 1.29 is 0 Å². The van der Waals surface area contributed by atoms with Gasteiger partial charge in [0.1, 0.15) is 12.2 Å². The summed E-state index contributed by atoms with van der Waals surface area (Å²) in [7, 11) is 1.89. The largest absolute Gasteiger partial charge is 0.271 e. The molecule has 0 saturated carbocycles. The van der Waals surface area contributed by atoms with Crippen LogP contribution in [0.5, 0.6) is 0 Å². The number of nitrogens with two attached hydrogens (primary N) is 1. The Labute approximate surface area is 113 Å². The zero-order valence-electron chi connectivity index (χ0n) is 11.7. The molecule has 2 aromatic rings. The second kappa shape index (κ2) is 5.50. The molecule has 0 fully saturated rings. The Balaban J connectivity index is 2.24. The van der Waals surface area contributed by atoms with Crippen molar-refractivity contribution in [3.05, 3.63) is 48.0 Å². The number of aryl methyl sites for hydroxylation is 1. The number of hydrogen-bond acceptors (Lipinski definition) is 4. The van der Waals surface area contributed by atoms with Gasteiger partial charge in [0.15, 0.2) is 0 Å². The maximum Gasteiger partial charge on any atom is 0.138 e. The molecule has 3 N–H and O–H groups in total. The zero-order chi connectivity index (χ0) is 13.9. The van der Waals surface area contributed by atoms with Crippen molar-refractivity contribution in [3.8, 4) is 0 Å². The van der Waals surface area contributed by atoms with E-state index in [9.17, 15) is 0 Å². The molecule has 1 aromatic carbocycles. The van der Waals surface area contributed by atoms with Gasteiger partial charge in [0.25, 0.3) is 0 Å². The van der Waals surface area contributed by atoms with Crippen LogP contribution in [0.3, 0.4) is 0 Å². The summed E-state index contributed by atoms with van der Waals surface area (Å²) in [5.74, 6) is 6.68. The minimum Gasteiger partial charge on any atom is -0.271 e. The third-order valence-electron chi connectivity index (χ3n) is 3.78. The van der Waals surface area contributed by atoms with Gasteiger partial charge in [-0.2, -0.15) is 5.10 Å². The lowest BCUT2D eigenvalue weighted by atomic mass is 9.76. The molecular formula is C14H21N5. The quantitative estimate of drug-likeness (QED) is 0.624. The van der Waals surface area contributed by atoms with Gasteiger partial charge in [0, 0.05) is 24.9 Å². The Morgan fingerprint density at radius 2 is 2.00 bits per heavy atom. The van der Waals surface area contributed by atoms with E-state index in [0.717, 1.165) is 12.2 Å². The predicted molar refractivity (Wildman–Crippen MR) is 75.3 cm³/mol. The molecular weight excluding hydrogens is 238 g/mol. The molecule has 1 atom stereocenters. The van der Waals surface area contributed by atoms with Gasteiger partial charge in [-0.3, -0.25) is 16.0 Å². The fourth-order valence-corrected chi connectivity index (χ4v) is 2.28. The summed E-state index contributed by atoms with van der Waals surface area (Å²) in [6, 6.07) is 10.5. The summed E-state index contributed by atoms with van der Waals surface area (Å²) in [5, 5.41) is 4.10. The molecule has 0 radical (unpaired) electrons. The molecule has 1 aromatic heterocycles. The van der Waals surface area contributed by atoms with Crippen LogP contribution in [0.1, 0.15) is 25.2 Å². The summed E-state index contributed by atoms with van der Waals surface area (Å²) in [6.45, 7) is 4.37. The van der Waals surface area contributed by atoms with Gasteiger partial charge in [0.05, 0.1) is 0 Å². The number of hydrogen-bond donors (Lipinski definition) is 2. The lowest BCUT2D eigenvalue weighted by Crippen LogP contribution is -2.49. The van der Waals surface area contributed by atoms with Crippen LogP contribution in [-0.2, 0) is 18.9 Å². The smallest absolute Gasteiger partial charge is 0.138 e. The van der Waals surface area contributed by atoms with Crippen molar-refractivity contribution in [1.29, 1.82) is 0 Å². The van der Waals surface area contributed by atoms with E-state index in [1.165, 1.54) is 5.56 Å². The highest BCUT2D eigenvalue weighted by atomic mass is 15.3. The second-order valence-electron chi connectivity index (χ2n) is 5.31. The molecule has 0 aliphatic carbocycles. The minimum absolute atomic E-state index is 0.0813. The van der Waals surface area contributed by atoms with Crippen molar-refractivity contribution >= 4 is 0 Å². The van der Waals surface area contributed by atoms with Gasteiger partial charge in [-0.25, -0.2) is 4.98 Å².